The molecule has 2 aromatic rings. The van der Waals surface area contributed by atoms with Gasteiger partial charge in [-0.05, 0) is 24.6 Å². The van der Waals surface area contributed by atoms with Gasteiger partial charge in [0, 0.05) is 24.5 Å². The summed E-state index contributed by atoms with van der Waals surface area (Å²) in [6.07, 6.45) is 3.04. The molecule has 1 aromatic heterocycles. The smallest absolute Gasteiger partial charge is 0.272 e. The van der Waals surface area contributed by atoms with Crippen LogP contribution in [0.3, 0.4) is 0 Å². The molecule has 1 amide bonds. The van der Waals surface area contributed by atoms with Crippen LogP contribution < -0.4 is 5.32 Å². The lowest BCUT2D eigenvalue weighted by Gasteiger charge is -2.18. The summed E-state index contributed by atoms with van der Waals surface area (Å²) in [6, 6.07) is 7.00. The summed E-state index contributed by atoms with van der Waals surface area (Å²) in [7, 11) is 1.58. The van der Waals surface area contributed by atoms with Gasteiger partial charge in [0.1, 0.15) is 5.69 Å². The molecule has 1 unspecified atom stereocenters. The van der Waals surface area contributed by atoms with Crippen molar-refractivity contribution < 1.29 is 9.53 Å². The van der Waals surface area contributed by atoms with Crippen LogP contribution in [0.15, 0.2) is 36.7 Å². The molecule has 0 aliphatic heterocycles. The molecule has 0 fully saturated rings. The third-order valence-electron chi connectivity index (χ3n) is 2.99. The highest BCUT2D eigenvalue weighted by molar-refractivity contribution is 6.30. The predicted molar refractivity (Wildman–Crippen MR) is 80.3 cm³/mol. The number of hydrogen-bond acceptors (Lipinski definition) is 4. The fourth-order valence-electron chi connectivity index (χ4n) is 1.97. The Labute approximate surface area is 128 Å². The molecule has 0 bridgehead atoms. The second-order valence-electron chi connectivity index (χ2n) is 4.53. The minimum atomic E-state index is -0.303. The zero-order valence-corrected chi connectivity index (χ0v) is 12.6. The van der Waals surface area contributed by atoms with Crippen molar-refractivity contribution in [3.8, 4) is 0 Å². The molecule has 0 aliphatic rings. The molecule has 0 aliphatic carbocycles. The Morgan fingerprint density at radius 3 is 2.81 bits per heavy atom. The van der Waals surface area contributed by atoms with Crippen LogP contribution >= 0.6 is 11.6 Å². The number of amides is 1. The lowest BCUT2D eigenvalue weighted by Crippen LogP contribution is -2.32. The number of rotatable bonds is 5. The van der Waals surface area contributed by atoms with Crippen LogP contribution in [0.1, 0.15) is 27.8 Å². The van der Waals surface area contributed by atoms with Gasteiger partial charge in [0.2, 0.25) is 0 Å². The van der Waals surface area contributed by atoms with E-state index in [-0.39, 0.29) is 11.9 Å². The van der Waals surface area contributed by atoms with Crippen molar-refractivity contribution in [1.29, 1.82) is 0 Å². The largest absolute Gasteiger partial charge is 0.382 e. The first kappa shape index (κ1) is 15.4. The zero-order valence-electron chi connectivity index (χ0n) is 11.8. The van der Waals surface area contributed by atoms with Gasteiger partial charge in [-0.2, -0.15) is 0 Å². The van der Waals surface area contributed by atoms with Gasteiger partial charge < -0.3 is 10.1 Å². The second-order valence-corrected chi connectivity index (χ2v) is 4.96. The lowest BCUT2D eigenvalue weighted by atomic mass is 10.1. The molecule has 1 N–H and O–H groups in total. The van der Waals surface area contributed by atoms with E-state index in [2.05, 4.69) is 15.3 Å². The number of halogens is 1. The van der Waals surface area contributed by atoms with E-state index in [1.807, 2.05) is 12.1 Å². The zero-order chi connectivity index (χ0) is 15.2. The normalized spacial score (nSPS) is 12.0. The van der Waals surface area contributed by atoms with Crippen LogP contribution in [-0.2, 0) is 4.74 Å². The molecule has 1 aromatic carbocycles. The number of aryl methyl sites for hydroxylation is 1. The first-order valence-electron chi connectivity index (χ1n) is 6.44. The molecular weight excluding hydrogens is 290 g/mol. The van der Waals surface area contributed by atoms with Crippen molar-refractivity contribution in [2.24, 2.45) is 0 Å². The molecular formula is C15H16ClN3O2. The number of nitrogens with one attached hydrogen (secondary N) is 1. The number of benzene rings is 1. The van der Waals surface area contributed by atoms with Crippen LogP contribution in [0, 0.1) is 6.92 Å². The summed E-state index contributed by atoms with van der Waals surface area (Å²) in [5.74, 6) is -0.289. The van der Waals surface area contributed by atoms with Crippen LogP contribution in [0.25, 0.3) is 0 Å². The topological polar surface area (TPSA) is 64.1 Å². The van der Waals surface area contributed by atoms with E-state index >= 15 is 0 Å². The monoisotopic (exact) mass is 305 g/mol. The maximum atomic E-state index is 12.3. The standard InChI is InChI=1S/C15H16ClN3O2/c1-10-14(18-7-6-17-10)15(20)19-13(9-21-2)11-4-3-5-12(16)8-11/h3-8,13H,9H2,1-2H3,(H,19,20). The van der Waals surface area contributed by atoms with Crippen molar-refractivity contribution in [3.05, 3.63) is 58.6 Å². The highest BCUT2D eigenvalue weighted by Crippen LogP contribution is 2.18. The molecule has 1 atom stereocenters. The number of carbonyl (C=O) groups is 1. The SMILES string of the molecule is COCC(NC(=O)c1nccnc1C)c1cccc(Cl)c1. The molecule has 5 nitrogen and oxygen atoms in total. The highest BCUT2D eigenvalue weighted by atomic mass is 35.5. The Balaban J connectivity index is 2.20. The molecule has 0 radical (unpaired) electrons. The Morgan fingerprint density at radius 2 is 2.14 bits per heavy atom. The van der Waals surface area contributed by atoms with Gasteiger partial charge >= 0.3 is 0 Å². The van der Waals surface area contributed by atoms with Gasteiger partial charge in [0.25, 0.3) is 5.91 Å². The molecule has 21 heavy (non-hydrogen) atoms. The number of carbonyl (C=O) groups excluding carboxylic acids is 1. The summed E-state index contributed by atoms with van der Waals surface area (Å²) in [6.45, 7) is 2.08. The van der Waals surface area contributed by atoms with Crippen molar-refractivity contribution in [3.63, 3.8) is 0 Å². The molecule has 110 valence electrons. The summed E-state index contributed by atoms with van der Waals surface area (Å²) in [4.78, 5) is 20.4. The average Bonchev–Trinajstić information content (AvgIpc) is 2.47. The Bertz CT molecular complexity index is 634. The number of ether oxygens (including phenoxy) is 1. The summed E-state index contributed by atoms with van der Waals surface area (Å²) >= 11 is 5.99. The first-order valence-corrected chi connectivity index (χ1v) is 6.82. The van der Waals surface area contributed by atoms with Gasteiger partial charge in [0.15, 0.2) is 0 Å². The second kappa shape index (κ2) is 7.15. The van der Waals surface area contributed by atoms with Crippen molar-refractivity contribution in [2.45, 2.75) is 13.0 Å². The molecule has 6 heteroatoms. The van der Waals surface area contributed by atoms with Crippen LogP contribution in [-0.4, -0.2) is 29.6 Å². The third kappa shape index (κ3) is 4.00. The van der Waals surface area contributed by atoms with E-state index < -0.39 is 0 Å². The van der Waals surface area contributed by atoms with Crippen molar-refractivity contribution in [2.75, 3.05) is 13.7 Å². The van der Waals surface area contributed by atoms with E-state index in [1.54, 1.807) is 32.4 Å². The summed E-state index contributed by atoms with van der Waals surface area (Å²) < 4.78 is 5.17. The maximum absolute atomic E-state index is 12.3. The van der Waals surface area contributed by atoms with Gasteiger partial charge in [-0.1, -0.05) is 23.7 Å². The first-order chi connectivity index (χ1) is 10.1. The van der Waals surface area contributed by atoms with Gasteiger partial charge in [-0.15, -0.1) is 0 Å². The molecule has 0 spiro atoms. The number of methoxy groups -OCH3 is 1. The Hall–Kier alpha value is -1.98. The minimum absolute atomic E-state index is 0.289. The fourth-order valence-corrected chi connectivity index (χ4v) is 2.17. The minimum Gasteiger partial charge on any atom is -0.382 e. The quantitative estimate of drug-likeness (QED) is 0.922. The van der Waals surface area contributed by atoms with Crippen molar-refractivity contribution >= 4 is 17.5 Å². The van der Waals surface area contributed by atoms with E-state index in [1.165, 1.54) is 6.20 Å². The number of hydrogen-bond donors (Lipinski definition) is 1. The summed E-state index contributed by atoms with van der Waals surface area (Å²) in [5, 5.41) is 3.50. The predicted octanol–water partition coefficient (Wildman–Crippen LogP) is 2.56. The molecule has 0 saturated heterocycles. The average molecular weight is 306 g/mol. The third-order valence-corrected chi connectivity index (χ3v) is 3.22. The van der Waals surface area contributed by atoms with E-state index in [0.29, 0.717) is 23.0 Å². The van der Waals surface area contributed by atoms with E-state index in [0.717, 1.165) is 5.56 Å². The van der Waals surface area contributed by atoms with E-state index in [9.17, 15) is 4.79 Å². The molecule has 2 rings (SSSR count). The van der Waals surface area contributed by atoms with E-state index in [4.69, 9.17) is 16.3 Å². The summed E-state index contributed by atoms with van der Waals surface area (Å²) in [5.41, 5.74) is 1.76. The number of nitrogens with zero attached hydrogens (tertiary/aromatic N) is 2. The Kier molecular flexibility index (Phi) is 5.25. The Morgan fingerprint density at radius 1 is 1.38 bits per heavy atom. The fraction of sp³-hybridized carbons (Fsp3) is 0.267. The molecule has 1 heterocycles. The van der Waals surface area contributed by atoms with Crippen LogP contribution in [0.2, 0.25) is 5.02 Å². The van der Waals surface area contributed by atoms with Gasteiger partial charge in [-0.25, -0.2) is 4.98 Å². The maximum Gasteiger partial charge on any atom is 0.272 e. The van der Waals surface area contributed by atoms with Crippen LogP contribution in [0.4, 0.5) is 0 Å². The van der Waals surface area contributed by atoms with Crippen LogP contribution in [0.5, 0.6) is 0 Å². The van der Waals surface area contributed by atoms with Gasteiger partial charge in [0.05, 0.1) is 18.3 Å². The van der Waals surface area contributed by atoms with Gasteiger partial charge in [-0.3, -0.25) is 9.78 Å². The number of aromatic nitrogens is 2. The lowest BCUT2D eigenvalue weighted by molar-refractivity contribution is 0.0890. The highest BCUT2D eigenvalue weighted by Gasteiger charge is 2.18. The molecule has 0 saturated carbocycles. The van der Waals surface area contributed by atoms with Crippen molar-refractivity contribution in [1.82, 2.24) is 15.3 Å².